The van der Waals surface area contributed by atoms with Crippen LogP contribution in [0.1, 0.15) is 50.2 Å². The van der Waals surface area contributed by atoms with Gasteiger partial charge in [-0.25, -0.2) is 0 Å². The Morgan fingerprint density at radius 2 is 2.13 bits per heavy atom. The fourth-order valence-corrected chi connectivity index (χ4v) is 3.88. The number of hydrogen-bond acceptors (Lipinski definition) is 3. The molecule has 1 aliphatic heterocycles. The van der Waals surface area contributed by atoms with Crippen molar-refractivity contribution >= 4 is 5.91 Å². The largest absolute Gasteiger partial charge is 0.377 e. The Kier molecular flexibility index (Phi) is 5.68. The van der Waals surface area contributed by atoms with E-state index in [1.807, 2.05) is 13.0 Å². The molecule has 126 valence electrons. The van der Waals surface area contributed by atoms with Crippen molar-refractivity contribution in [3.63, 3.8) is 0 Å². The zero-order valence-electron chi connectivity index (χ0n) is 14.0. The molecular formula is C19H28N2O2. The lowest BCUT2D eigenvalue weighted by molar-refractivity contribution is -0.123. The number of carbonyl (C=O) groups is 1. The molecule has 2 fully saturated rings. The van der Waals surface area contributed by atoms with Crippen LogP contribution in [0.4, 0.5) is 0 Å². The van der Waals surface area contributed by atoms with Gasteiger partial charge in [0.25, 0.3) is 0 Å². The summed E-state index contributed by atoms with van der Waals surface area (Å²) in [6.07, 6.45) is 6.13. The Balaban J connectivity index is 1.49. The molecule has 4 heteroatoms. The molecule has 3 rings (SSSR count). The Hall–Kier alpha value is -1.39. The van der Waals surface area contributed by atoms with Gasteiger partial charge in [0.1, 0.15) is 0 Å². The van der Waals surface area contributed by atoms with Crippen LogP contribution in [0, 0.1) is 5.92 Å². The number of nitrogens with one attached hydrogen (secondary N) is 2. The van der Waals surface area contributed by atoms with Gasteiger partial charge < -0.3 is 15.4 Å². The quantitative estimate of drug-likeness (QED) is 0.848. The minimum absolute atomic E-state index is 0.00490. The van der Waals surface area contributed by atoms with Crippen molar-refractivity contribution in [1.29, 1.82) is 0 Å². The molecule has 2 aliphatic rings. The van der Waals surface area contributed by atoms with Crippen LogP contribution < -0.4 is 10.6 Å². The molecule has 1 amide bonds. The van der Waals surface area contributed by atoms with Crippen molar-refractivity contribution in [2.45, 2.75) is 64.3 Å². The molecule has 3 atom stereocenters. The van der Waals surface area contributed by atoms with Crippen LogP contribution in [0.5, 0.6) is 0 Å². The zero-order chi connectivity index (χ0) is 16.1. The van der Waals surface area contributed by atoms with Crippen LogP contribution in [-0.4, -0.2) is 24.6 Å². The third-order valence-corrected chi connectivity index (χ3v) is 5.11. The Labute approximate surface area is 139 Å². The fourth-order valence-electron chi connectivity index (χ4n) is 3.88. The average molecular weight is 316 g/mol. The van der Waals surface area contributed by atoms with Gasteiger partial charge in [-0.3, -0.25) is 4.79 Å². The van der Waals surface area contributed by atoms with Crippen molar-refractivity contribution < 1.29 is 9.53 Å². The van der Waals surface area contributed by atoms with Crippen molar-refractivity contribution in [2.75, 3.05) is 6.61 Å². The monoisotopic (exact) mass is 316 g/mol. The van der Waals surface area contributed by atoms with Crippen LogP contribution in [0.3, 0.4) is 0 Å². The number of carbonyl (C=O) groups excluding carboxylic acids is 1. The molecular weight excluding hydrogens is 288 g/mol. The van der Waals surface area contributed by atoms with Crippen LogP contribution >= 0.6 is 0 Å². The average Bonchev–Trinajstić information content (AvgIpc) is 3.02. The first-order valence-corrected chi connectivity index (χ1v) is 8.95. The van der Waals surface area contributed by atoms with E-state index in [2.05, 4.69) is 28.8 Å². The molecule has 23 heavy (non-hydrogen) atoms. The van der Waals surface area contributed by atoms with Crippen molar-refractivity contribution in [2.24, 2.45) is 5.92 Å². The second kappa shape index (κ2) is 7.93. The van der Waals surface area contributed by atoms with E-state index >= 15 is 0 Å². The lowest BCUT2D eigenvalue weighted by atomic mass is 9.85. The summed E-state index contributed by atoms with van der Waals surface area (Å²) in [5, 5.41) is 6.63. The van der Waals surface area contributed by atoms with Crippen LogP contribution in [-0.2, 0) is 22.7 Å². The van der Waals surface area contributed by atoms with Crippen LogP contribution in [0.25, 0.3) is 0 Å². The third kappa shape index (κ3) is 4.33. The van der Waals surface area contributed by atoms with E-state index in [1.54, 1.807) is 0 Å². The van der Waals surface area contributed by atoms with E-state index in [9.17, 15) is 4.79 Å². The number of amides is 1. The molecule has 2 N–H and O–H groups in total. The highest BCUT2D eigenvalue weighted by atomic mass is 16.5. The summed E-state index contributed by atoms with van der Waals surface area (Å²) < 4.78 is 5.44. The molecule has 0 spiro atoms. The number of ether oxygens (including phenoxy) is 1. The van der Waals surface area contributed by atoms with Gasteiger partial charge in [0.15, 0.2) is 0 Å². The van der Waals surface area contributed by atoms with Gasteiger partial charge >= 0.3 is 0 Å². The molecule has 0 aromatic heterocycles. The molecule has 0 unspecified atom stereocenters. The lowest BCUT2D eigenvalue weighted by Crippen LogP contribution is -2.42. The standard InChI is InChI=1S/C19H28N2O2/c1-2-23-13-15-7-5-6-14(10-15)12-20-19(22)18-11-16-8-3-4-9-17(16)21-18/h5-7,10,16-18,21H,2-4,8-9,11-13H2,1H3,(H,20,22)/t16-,17+,18+/m1/s1. The van der Waals surface area contributed by atoms with Gasteiger partial charge in [0.05, 0.1) is 12.6 Å². The van der Waals surface area contributed by atoms with Crippen molar-refractivity contribution in [1.82, 2.24) is 10.6 Å². The molecule has 1 aromatic carbocycles. The second-order valence-electron chi connectivity index (χ2n) is 6.78. The Morgan fingerprint density at radius 1 is 1.30 bits per heavy atom. The normalized spacial score (nSPS) is 26.7. The van der Waals surface area contributed by atoms with E-state index in [0.717, 1.165) is 24.2 Å². The first-order chi connectivity index (χ1) is 11.3. The zero-order valence-corrected chi connectivity index (χ0v) is 14.0. The summed E-state index contributed by atoms with van der Waals surface area (Å²) in [6.45, 7) is 3.94. The SMILES string of the molecule is CCOCc1cccc(CNC(=O)[C@@H]2C[C@H]3CCCC[C@@H]3N2)c1. The van der Waals surface area contributed by atoms with E-state index in [-0.39, 0.29) is 11.9 Å². The smallest absolute Gasteiger partial charge is 0.237 e. The summed E-state index contributed by atoms with van der Waals surface area (Å²) in [5.41, 5.74) is 2.29. The molecule has 0 bridgehead atoms. The van der Waals surface area contributed by atoms with Crippen molar-refractivity contribution in [3.8, 4) is 0 Å². The molecule has 1 saturated heterocycles. The molecule has 4 nitrogen and oxygen atoms in total. The molecule has 0 radical (unpaired) electrons. The fraction of sp³-hybridized carbons (Fsp3) is 0.632. The predicted molar refractivity (Wildman–Crippen MR) is 90.9 cm³/mol. The van der Waals surface area contributed by atoms with E-state index < -0.39 is 0 Å². The highest BCUT2D eigenvalue weighted by molar-refractivity contribution is 5.82. The summed E-state index contributed by atoms with van der Waals surface area (Å²) in [6, 6.07) is 8.81. The molecule has 1 saturated carbocycles. The van der Waals surface area contributed by atoms with Gasteiger partial charge in [-0.1, -0.05) is 37.1 Å². The summed E-state index contributed by atoms with van der Waals surface area (Å²) in [5.74, 6) is 0.851. The summed E-state index contributed by atoms with van der Waals surface area (Å²) in [7, 11) is 0. The molecule has 1 heterocycles. The number of benzene rings is 1. The van der Waals surface area contributed by atoms with Gasteiger partial charge in [-0.15, -0.1) is 0 Å². The summed E-state index contributed by atoms with van der Waals surface area (Å²) >= 11 is 0. The van der Waals surface area contributed by atoms with Gasteiger partial charge in [-0.05, 0) is 43.2 Å². The number of fused-ring (bicyclic) bond motifs is 1. The minimum atomic E-state index is -0.00490. The third-order valence-electron chi connectivity index (χ3n) is 5.11. The highest BCUT2D eigenvalue weighted by Gasteiger charge is 2.37. The number of hydrogen-bond donors (Lipinski definition) is 2. The van der Waals surface area contributed by atoms with Crippen molar-refractivity contribution in [3.05, 3.63) is 35.4 Å². The summed E-state index contributed by atoms with van der Waals surface area (Å²) in [4.78, 5) is 12.4. The van der Waals surface area contributed by atoms with Gasteiger partial charge in [0.2, 0.25) is 5.91 Å². The topological polar surface area (TPSA) is 50.4 Å². The maximum Gasteiger partial charge on any atom is 0.237 e. The lowest BCUT2D eigenvalue weighted by Gasteiger charge is -2.24. The maximum atomic E-state index is 12.4. The molecule has 1 aliphatic carbocycles. The van der Waals surface area contributed by atoms with Crippen LogP contribution in [0.15, 0.2) is 24.3 Å². The minimum Gasteiger partial charge on any atom is -0.377 e. The van der Waals surface area contributed by atoms with Gasteiger partial charge in [-0.2, -0.15) is 0 Å². The second-order valence-corrected chi connectivity index (χ2v) is 6.78. The van der Waals surface area contributed by atoms with E-state index in [0.29, 0.717) is 25.1 Å². The Morgan fingerprint density at radius 3 is 2.96 bits per heavy atom. The van der Waals surface area contributed by atoms with Crippen LogP contribution in [0.2, 0.25) is 0 Å². The predicted octanol–water partition coefficient (Wildman–Crippen LogP) is 2.76. The number of rotatable bonds is 6. The van der Waals surface area contributed by atoms with Gasteiger partial charge in [0, 0.05) is 19.2 Å². The van der Waals surface area contributed by atoms with E-state index in [1.165, 1.54) is 25.7 Å². The first kappa shape index (κ1) is 16.5. The maximum absolute atomic E-state index is 12.4. The highest BCUT2D eigenvalue weighted by Crippen LogP contribution is 2.33. The molecule has 1 aromatic rings. The van der Waals surface area contributed by atoms with E-state index in [4.69, 9.17) is 4.74 Å². The Bertz CT molecular complexity index is 518. The first-order valence-electron chi connectivity index (χ1n) is 8.95.